The monoisotopic (exact) mass is 284 g/mol. The first-order valence-electron chi connectivity index (χ1n) is 7.64. The zero-order valence-corrected chi connectivity index (χ0v) is 12.9. The van der Waals surface area contributed by atoms with Crippen molar-refractivity contribution in [3.8, 4) is 0 Å². The van der Waals surface area contributed by atoms with Gasteiger partial charge in [-0.05, 0) is 39.5 Å². The summed E-state index contributed by atoms with van der Waals surface area (Å²) in [6.07, 6.45) is 4.30. The fraction of sp³-hybridized carbons (Fsp3) is 0.933. The molecule has 0 aromatic carbocycles. The summed E-state index contributed by atoms with van der Waals surface area (Å²) in [6.45, 7) is 6.61. The number of nitrogens with zero attached hydrogens (tertiary/aromatic N) is 1. The maximum Gasteiger partial charge on any atom is 0.410 e. The number of hydrogen-bond acceptors (Lipinski definition) is 4. The van der Waals surface area contributed by atoms with Gasteiger partial charge in [0, 0.05) is 31.2 Å². The highest BCUT2D eigenvalue weighted by atomic mass is 16.6. The van der Waals surface area contributed by atoms with Gasteiger partial charge in [-0.25, -0.2) is 4.79 Å². The standard InChI is InChI=1S/C15H28N2O3/c1-14(2,3)20-13(19)17-8-12(9-18)15(16,10-17)11-6-4-5-7-11/h11-12,18H,4-10,16H2,1-3H3/t12-,15+/m0/s1. The summed E-state index contributed by atoms with van der Waals surface area (Å²) >= 11 is 0. The molecule has 1 saturated carbocycles. The molecule has 0 unspecified atom stereocenters. The Bertz CT molecular complexity index is 361. The Morgan fingerprint density at radius 1 is 1.40 bits per heavy atom. The van der Waals surface area contributed by atoms with Crippen molar-refractivity contribution < 1.29 is 14.6 Å². The largest absolute Gasteiger partial charge is 0.444 e. The number of carbonyl (C=O) groups excluding carboxylic acids is 1. The van der Waals surface area contributed by atoms with Gasteiger partial charge in [-0.1, -0.05) is 12.8 Å². The maximum atomic E-state index is 12.2. The number of ether oxygens (including phenoxy) is 1. The van der Waals surface area contributed by atoms with Gasteiger partial charge in [0.15, 0.2) is 0 Å². The van der Waals surface area contributed by atoms with Crippen molar-refractivity contribution in [2.24, 2.45) is 17.6 Å². The molecule has 1 saturated heterocycles. The molecule has 3 N–H and O–H groups in total. The topological polar surface area (TPSA) is 75.8 Å². The molecule has 2 fully saturated rings. The Kier molecular flexibility index (Phi) is 4.30. The Morgan fingerprint density at radius 3 is 2.50 bits per heavy atom. The average Bonchev–Trinajstić information content (AvgIpc) is 2.94. The van der Waals surface area contributed by atoms with Gasteiger partial charge < -0.3 is 20.5 Å². The van der Waals surface area contributed by atoms with Crippen LogP contribution in [0.25, 0.3) is 0 Å². The number of hydrogen-bond donors (Lipinski definition) is 2. The van der Waals surface area contributed by atoms with Crippen LogP contribution >= 0.6 is 0 Å². The Morgan fingerprint density at radius 2 is 2.00 bits per heavy atom. The van der Waals surface area contributed by atoms with Crippen LogP contribution in [0.5, 0.6) is 0 Å². The smallest absolute Gasteiger partial charge is 0.410 e. The van der Waals surface area contributed by atoms with Crippen molar-refractivity contribution in [2.45, 2.75) is 57.6 Å². The van der Waals surface area contributed by atoms with E-state index in [0.29, 0.717) is 19.0 Å². The molecule has 1 aliphatic heterocycles. The highest BCUT2D eigenvalue weighted by molar-refractivity contribution is 5.69. The summed E-state index contributed by atoms with van der Waals surface area (Å²) in [7, 11) is 0. The molecular weight excluding hydrogens is 256 g/mol. The summed E-state index contributed by atoms with van der Waals surface area (Å²) < 4.78 is 5.42. The van der Waals surface area contributed by atoms with E-state index >= 15 is 0 Å². The third kappa shape index (κ3) is 3.09. The number of likely N-dealkylation sites (tertiary alicyclic amines) is 1. The predicted octanol–water partition coefficient (Wildman–Crippen LogP) is 1.73. The normalized spacial score (nSPS) is 31.9. The lowest BCUT2D eigenvalue weighted by Gasteiger charge is -2.35. The highest BCUT2D eigenvalue weighted by Gasteiger charge is 2.50. The van der Waals surface area contributed by atoms with Crippen molar-refractivity contribution in [3.63, 3.8) is 0 Å². The van der Waals surface area contributed by atoms with Gasteiger partial charge in [-0.3, -0.25) is 0 Å². The van der Waals surface area contributed by atoms with E-state index in [-0.39, 0.29) is 18.6 Å². The second-order valence-electron chi connectivity index (χ2n) is 7.33. The molecule has 0 aromatic heterocycles. The Labute approximate surface area is 121 Å². The van der Waals surface area contributed by atoms with Crippen molar-refractivity contribution >= 4 is 6.09 Å². The van der Waals surface area contributed by atoms with E-state index in [1.807, 2.05) is 20.8 Å². The Balaban J connectivity index is 2.07. The zero-order valence-electron chi connectivity index (χ0n) is 12.9. The average molecular weight is 284 g/mol. The molecule has 20 heavy (non-hydrogen) atoms. The molecule has 0 spiro atoms. The molecule has 0 bridgehead atoms. The van der Waals surface area contributed by atoms with E-state index in [0.717, 1.165) is 12.8 Å². The molecule has 0 radical (unpaired) electrons. The fourth-order valence-corrected chi connectivity index (χ4v) is 3.58. The third-order valence-corrected chi connectivity index (χ3v) is 4.65. The minimum atomic E-state index is -0.501. The van der Waals surface area contributed by atoms with Gasteiger partial charge in [0.2, 0.25) is 0 Å². The Hall–Kier alpha value is -0.810. The molecule has 1 heterocycles. The van der Waals surface area contributed by atoms with Crippen LogP contribution in [0.1, 0.15) is 46.5 Å². The molecule has 1 aliphatic carbocycles. The van der Waals surface area contributed by atoms with Crippen LogP contribution in [0, 0.1) is 11.8 Å². The molecule has 2 aliphatic rings. The fourth-order valence-electron chi connectivity index (χ4n) is 3.58. The van der Waals surface area contributed by atoms with Gasteiger partial charge in [0.05, 0.1) is 0 Å². The van der Waals surface area contributed by atoms with Crippen LogP contribution in [-0.2, 0) is 4.74 Å². The molecular formula is C15H28N2O3. The van der Waals surface area contributed by atoms with E-state index < -0.39 is 11.1 Å². The second kappa shape index (κ2) is 5.53. The molecule has 5 heteroatoms. The van der Waals surface area contributed by atoms with Crippen molar-refractivity contribution in [1.82, 2.24) is 4.90 Å². The van der Waals surface area contributed by atoms with Crippen LogP contribution in [0.4, 0.5) is 4.79 Å². The number of nitrogens with two attached hydrogens (primary N) is 1. The highest BCUT2D eigenvalue weighted by Crippen LogP contribution is 2.41. The quantitative estimate of drug-likeness (QED) is 0.810. The molecule has 2 rings (SSSR count). The zero-order chi connectivity index (χ0) is 15.0. The van der Waals surface area contributed by atoms with Crippen molar-refractivity contribution in [2.75, 3.05) is 19.7 Å². The van der Waals surface area contributed by atoms with Crippen LogP contribution in [0.15, 0.2) is 0 Å². The van der Waals surface area contributed by atoms with Gasteiger partial charge in [-0.15, -0.1) is 0 Å². The van der Waals surface area contributed by atoms with Crippen LogP contribution in [0.3, 0.4) is 0 Å². The molecule has 2 atom stereocenters. The van der Waals surface area contributed by atoms with E-state index in [4.69, 9.17) is 10.5 Å². The lowest BCUT2D eigenvalue weighted by atomic mass is 9.76. The number of amides is 1. The number of aliphatic hydroxyl groups is 1. The van der Waals surface area contributed by atoms with Crippen LogP contribution in [-0.4, -0.2) is 46.9 Å². The molecule has 116 valence electrons. The summed E-state index contributed by atoms with van der Waals surface area (Å²) in [5, 5.41) is 9.64. The molecule has 0 aromatic rings. The lowest BCUT2D eigenvalue weighted by molar-refractivity contribution is 0.0275. The second-order valence-corrected chi connectivity index (χ2v) is 7.33. The first-order chi connectivity index (χ1) is 9.26. The van der Waals surface area contributed by atoms with Crippen molar-refractivity contribution in [3.05, 3.63) is 0 Å². The number of carbonyl (C=O) groups is 1. The van der Waals surface area contributed by atoms with Crippen LogP contribution in [0.2, 0.25) is 0 Å². The third-order valence-electron chi connectivity index (χ3n) is 4.65. The van der Waals surface area contributed by atoms with E-state index in [9.17, 15) is 9.90 Å². The van der Waals surface area contributed by atoms with E-state index in [1.165, 1.54) is 12.8 Å². The lowest BCUT2D eigenvalue weighted by Crippen LogP contribution is -2.54. The summed E-state index contributed by atoms with van der Waals surface area (Å²) in [5.41, 5.74) is 5.64. The van der Waals surface area contributed by atoms with Gasteiger partial charge in [0.25, 0.3) is 0 Å². The summed E-state index contributed by atoms with van der Waals surface area (Å²) in [4.78, 5) is 13.9. The maximum absolute atomic E-state index is 12.2. The minimum Gasteiger partial charge on any atom is -0.444 e. The molecule has 1 amide bonds. The van der Waals surface area contributed by atoms with E-state index in [1.54, 1.807) is 4.90 Å². The van der Waals surface area contributed by atoms with Crippen molar-refractivity contribution in [1.29, 1.82) is 0 Å². The molecule has 5 nitrogen and oxygen atoms in total. The summed E-state index contributed by atoms with van der Waals surface area (Å²) in [5.74, 6) is 0.366. The van der Waals surface area contributed by atoms with Crippen LogP contribution < -0.4 is 5.73 Å². The minimum absolute atomic E-state index is 0.0340. The SMILES string of the molecule is CC(C)(C)OC(=O)N1C[C@@H](CO)[C@](N)(C2CCCC2)C1. The van der Waals surface area contributed by atoms with Gasteiger partial charge >= 0.3 is 6.09 Å². The predicted molar refractivity (Wildman–Crippen MR) is 77.3 cm³/mol. The summed E-state index contributed by atoms with van der Waals surface area (Å²) in [6, 6.07) is 0. The number of rotatable bonds is 2. The number of aliphatic hydroxyl groups excluding tert-OH is 1. The van der Waals surface area contributed by atoms with E-state index in [2.05, 4.69) is 0 Å². The first kappa shape index (κ1) is 15.6. The van der Waals surface area contributed by atoms with Gasteiger partial charge in [0.1, 0.15) is 5.60 Å². The van der Waals surface area contributed by atoms with Gasteiger partial charge in [-0.2, -0.15) is 0 Å². The first-order valence-corrected chi connectivity index (χ1v) is 7.64.